The highest BCUT2D eigenvalue weighted by atomic mass is 35.5. The van der Waals surface area contributed by atoms with Gasteiger partial charge in [0.25, 0.3) is 0 Å². The summed E-state index contributed by atoms with van der Waals surface area (Å²) < 4.78 is 0. The molecule has 2 rings (SSSR count). The summed E-state index contributed by atoms with van der Waals surface area (Å²) in [5.74, 6) is 0.846. The van der Waals surface area contributed by atoms with E-state index in [2.05, 4.69) is 45.6 Å². The van der Waals surface area contributed by atoms with Crippen LogP contribution in [-0.4, -0.2) is 75.7 Å². The quantitative estimate of drug-likeness (QED) is 0.628. The molecule has 128 valence electrons. The number of guanidine groups is 1. The first kappa shape index (κ1) is 18.0. The summed E-state index contributed by atoms with van der Waals surface area (Å²) in [7, 11) is 6.17. The lowest BCUT2D eigenvalue weighted by molar-refractivity contribution is 0.116. The van der Waals surface area contributed by atoms with Crippen LogP contribution in [0, 0.1) is 0 Å². The second-order valence-electron chi connectivity index (χ2n) is 6.12. The molecular weight excluding hydrogens is 310 g/mol. The molecule has 0 bridgehead atoms. The largest absolute Gasteiger partial charge is 0.356 e. The number of aliphatic imine (C=N–C) groups is 1. The van der Waals surface area contributed by atoms with E-state index in [0.717, 1.165) is 55.7 Å². The number of rotatable bonds is 5. The molecule has 1 aromatic carbocycles. The number of hydrogen-bond donors (Lipinski definition) is 2. The second-order valence-corrected chi connectivity index (χ2v) is 6.53. The Labute approximate surface area is 144 Å². The van der Waals surface area contributed by atoms with Crippen LogP contribution in [0.2, 0.25) is 5.02 Å². The van der Waals surface area contributed by atoms with Crippen molar-refractivity contribution in [3.63, 3.8) is 0 Å². The van der Waals surface area contributed by atoms with Gasteiger partial charge < -0.3 is 15.5 Å². The van der Waals surface area contributed by atoms with Gasteiger partial charge >= 0.3 is 0 Å². The lowest BCUT2D eigenvalue weighted by Gasteiger charge is -2.37. The first-order valence-corrected chi connectivity index (χ1v) is 8.54. The SMILES string of the molecule is CN=C(NCCc1ccccc1Cl)NCC1CN(C)CCN1C. The van der Waals surface area contributed by atoms with Gasteiger partial charge in [-0.3, -0.25) is 9.89 Å². The summed E-state index contributed by atoms with van der Waals surface area (Å²) in [5, 5.41) is 7.61. The van der Waals surface area contributed by atoms with E-state index in [9.17, 15) is 0 Å². The Balaban J connectivity index is 1.74. The van der Waals surface area contributed by atoms with Crippen LogP contribution in [0.3, 0.4) is 0 Å². The Hall–Kier alpha value is -1.30. The molecule has 1 atom stereocenters. The van der Waals surface area contributed by atoms with Crippen LogP contribution in [0.5, 0.6) is 0 Å². The zero-order chi connectivity index (χ0) is 16.7. The third-order valence-electron chi connectivity index (χ3n) is 4.35. The minimum absolute atomic E-state index is 0.510. The molecule has 0 spiro atoms. The lowest BCUT2D eigenvalue weighted by Crippen LogP contribution is -2.55. The molecule has 0 aliphatic carbocycles. The fraction of sp³-hybridized carbons (Fsp3) is 0.588. The predicted molar refractivity (Wildman–Crippen MR) is 98.4 cm³/mol. The number of nitrogens with one attached hydrogen (secondary N) is 2. The van der Waals surface area contributed by atoms with Gasteiger partial charge in [-0.15, -0.1) is 0 Å². The Kier molecular flexibility index (Phi) is 7.15. The van der Waals surface area contributed by atoms with Crippen molar-refractivity contribution in [1.29, 1.82) is 0 Å². The Morgan fingerprint density at radius 1 is 1.26 bits per heavy atom. The summed E-state index contributed by atoms with van der Waals surface area (Å²) in [4.78, 5) is 9.08. The topological polar surface area (TPSA) is 42.9 Å². The molecule has 1 heterocycles. The van der Waals surface area contributed by atoms with Gasteiger partial charge in [0.1, 0.15) is 0 Å². The molecule has 5 nitrogen and oxygen atoms in total. The van der Waals surface area contributed by atoms with E-state index in [-0.39, 0.29) is 0 Å². The maximum absolute atomic E-state index is 6.18. The van der Waals surface area contributed by atoms with Crippen LogP contribution in [0.1, 0.15) is 5.56 Å². The molecule has 1 aromatic rings. The molecule has 2 N–H and O–H groups in total. The monoisotopic (exact) mass is 337 g/mol. The molecule has 6 heteroatoms. The third-order valence-corrected chi connectivity index (χ3v) is 4.72. The van der Waals surface area contributed by atoms with Crippen LogP contribution in [0.15, 0.2) is 29.3 Å². The van der Waals surface area contributed by atoms with Crippen molar-refractivity contribution in [3.8, 4) is 0 Å². The standard InChI is InChI=1S/C17H28ClN5/c1-19-17(20-9-8-14-6-4-5-7-16(14)18)21-12-15-13-22(2)10-11-23(15)3/h4-7,15H,8-13H2,1-3H3,(H2,19,20,21). The predicted octanol–water partition coefficient (Wildman–Crippen LogP) is 1.29. The summed E-state index contributed by atoms with van der Waals surface area (Å²) in [5.41, 5.74) is 1.16. The van der Waals surface area contributed by atoms with Gasteiger partial charge in [0.2, 0.25) is 0 Å². The van der Waals surface area contributed by atoms with Crippen molar-refractivity contribution in [1.82, 2.24) is 20.4 Å². The normalized spacial score (nSPS) is 20.5. The number of nitrogens with zero attached hydrogens (tertiary/aromatic N) is 3. The maximum Gasteiger partial charge on any atom is 0.191 e. The van der Waals surface area contributed by atoms with Crippen LogP contribution >= 0.6 is 11.6 Å². The second kappa shape index (κ2) is 9.11. The first-order valence-electron chi connectivity index (χ1n) is 8.17. The molecule has 1 unspecified atom stereocenters. The van der Waals surface area contributed by atoms with Gasteiger partial charge in [0.15, 0.2) is 5.96 Å². The van der Waals surface area contributed by atoms with Crippen molar-refractivity contribution in [3.05, 3.63) is 34.9 Å². The first-order chi connectivity index (χ1) is 11.1. The van der Waals surface area contributed by atoms with E-state index in [1.807, 2.05) is 25.2 Å². The molecule has 0 aromatic heterocycles. The molecule has 0 amide bonds. The van der Waals surface area contributed by atoms with E-state index >= 15 is 0 Å². The molecule has 0 saturated carbocycles. The number of likely N-dealkylation sites (N-methyl/N-ethyl adjacent to an activating group) is 2. The molecule has 1 saturated heterocycles. The van der Waals surface area contributed by atoms with E-state index in [1.165, 1.54) is 0 Å². The summed E-state index contributed by atoms with van der Waals surface area (Å²) >= 11 is 6.18. The summed E-state index contributed by atoms with van der Waals surface area (Å²) in [6, 6.07) is 8.48. The van der Waals surface area contributed by atoms with Crippen molar-refractivity contribution in [2.45, 2.75) is 12.5 Å². The van der Waals surface area contributed by atoms with Crippen LogP contribution in [-0.2, 0) is 6.42 Å². The van der Waals surface area contributed by atoms with Crippen LogP contribution in [0.25, 0.3) is 0 Å². The number of benzene rings is 1. The number of piperazine rings is 1. The third kappa shape index (κ3) is 5.68. The van der Waals surface area contributed by atoms with Gasteiger partial charge in [0.05, 0.1) is 0 Å². The van der Waals surface area contributed by atoms with Crippen molar-refractivity contribution in [2.24, 2.45) is 4.99 Å². The van der Waals surface area contributed by atoms with Crippen molar-refractivity contribution < 1.29 is 0 Å². The lowest BCUT2D eigenvalue weighted by atomic mass is 10.1. The minimum atomic E-state index is 0.510. The molecule has 1 aliphatic heterocycles. The smallest absolute Gasteiger partial charge is 0.191 e. The zero-order valence-corrected chi connectivity index (χ0v) is 15.1. The Bertz CT molecular complexity index is 519. The summed E-state index contributed by atoms with van der Waals surface area (Å²) in [6.45, 7) is 5.04. The Morgan fingerprint density at radius 3 is 2.78 bits per heavy atom. The van der Waals surface area contributed by atoms with Crippen LogP contribution in [0.4, 0.5) is 0 Å². The molecule has 1 aliphatic rings. The van der Waals surface area contributed by atoms with E-state index in [1.54, 1.807) is 0 Å². The highest BCUT2D eigenvalue weighted by molar-refractivity contribution is 6.31. The fourth-order valence-corrected chi connectivity index (χ4v) is 3.00. The molecule has 1 fully saturated rings. The summed E-state index contributed by atoms with van der Waals surface area (Å²) in [6.07, 6.45) is 0.881. The zero-order valence-electron chi connectivity index (χ0n) is 14.3. The van der Waals surface area contributed by atoms with E-state index < -0.39 is 0 Å². The van der Waals surface area contributed by atoms with Gasteiger partial charge in [0, 0.05) is 50.8 Å². The average Bonchev–Trinajstić information content (AvgIpc) is 2.55. The molecule has 0 radical (unpaired) electrons. The van der Waals surface area contributed by atoms with Crippen molar-refractivity contribution in [2.75, 3.05) is 53.9 Å². The van der Waals surface area contributed by atoms with Gasteiger partial charge in [-0.1, -0.05) is 29.8 Å². The van der Waals surface area contributed by atoms with Crippen LogP contribution < -0.4 is 10.6 Å². The van der Waals surface area contributed by atoms with Gasteiger partial charge in [-0.05, 0) is 32.1 Å². The van der Waals surface area contributed by atoms with Crippen molar-refractivity contribution >= 4 is 17.6 Å². The minimum Gasteiger partial charge on any atom is -0.356 e. The fourth-order valence-electron chi connectivity index (χ4n) is 2.77. The number of halogens is 1. The van der Waals surface area contributed by atoms with Gasteiger partial charge in [-0.25, -0.2) is 0 Å². The maximum atomic E-state index is 6.18. The van der Waals surface area contributed by atoms with E-state index in [0.29, 0.717) is 6.04 Å². The average molecular weight is 338 g/mol. The van der Waals surface area contributed by atoms with Gasteiger partial charge in [-0.2, -0.15) is 0 Å². The highest BCUT2D eigenvalue weighted by Gasteiger charge is 2.21. The number of hydrogen-bond acceptors (Lipinski definition) is 3. The highest BCUT2D eigenvalue weighted by Crippen LogP contribution is 2.14. The molecule has 23 heavy (non-hydrogen) atoms. The molecular formula is C17H28ClN5. The Morgan fingerprint density at radius 2 is 2.04 bits per heavy atom. The van der Waals surface area contributed by atoms with E-state index in [4.69, 9.17) is 11.6 Å².